The summed E-state index contributed by atoms with van der Waals surface area (Å²) in [6, 6.07) is 19.8. The maximum absolute atomic E-state index is 4.67. The van der Waals surface area contributed by atoms with Gasteiger partial charge in [-0.15, -0.1) is 0 Å². The second-order valence-electron chi connectivity index (χ2n) is 8.03. The largest absolute Gasteiger partial charge is 0.369 e. The van der Waals surface area contributed by atoms with E-state index in [-0.39, 0.29) is 0 Å². The summed E-state index contributed by atoms with van der Waals surface area (Å²) in [5.74, 6) is 0. The SMILES string of the molecule is Cc1ccc(-c2c[nH]c3ncc(-c4ccc(N5CCN(C)CC5)cc4)cc23)cc1. The second-order valence-corrected chi connectivity index (χ2v) is 8.03. The first-order valence-electron chi connectivity index (χ1n) is 10.3. The lowest BCUT2D eigenvalue weighted by Crippen LogP contribution is -2.44. The lowest BCUT2D eigenvalue weighted by Gasteiger charge is -2.34. The molecule has 5 rings (SSSR count). The third-order valence-corrected chi connectivity index (χ3v) is 5.96. The molecule has 4 nitrogen and oxygen atoms in total. The zero-order chi connectivity index (χ0) is 19.8. The van der Waals surface area contributed by atoms with E-state index in [1.54, 1.807) is 0 Å². The van der Waals surface area contributed by atoms with Crippen molar-refractivity contribution < 1.29 is 0 Å². The van der Waals surface area contributed by atoms with Crippen LogP contribution < -0.4 is 4.90 Å². The first-order valence-corrected chi connectivity index (χ1v) is 10.3. The highest BCUT2D eigenvalue weighted by Gasteiger charge is 2.14. The molecule has 2 aromatic heterocycles. The molecular formula is C25H26N4. The van der Waals surface area contributed by atoms with Crippen LogP contribution in [-0.4, -0.2) is 48.1 Å². The summed E-state index contributed by atoms with van der Waals surface area (Å²) >= 11 is 0. The Labute approximate surface area is 171 Å². The molecule has 0 unspecified atom stereocenters. The number of rotatable bonds is 3. The molecule has 1 aliphatic heterocycles. The Bertz CT molecular complexity index is 1120. The molecule has 4 aromatic rings. The maximum atomic E-state index is 4.67. The van der Waals surface area contributed by atoms with Crippen molar-refractivity contribution in [3.8, 4) is 22.3 Å². The summed E-state index contributed by atoms with van der Waals surface area (Å²) in [7, 11) is 2.19. The molecule has 0 radical (unpaired) electrons. The van der Waals surface area contributed by atoms with E-state index in [1.165, 1.54) is 27.9 Å². The van der Waals surface area contributed by atoms with Crippen LogP contribution in [0, 0.1) is 6.92 Å². The van der Waals surface area contributed by atoms with Gasteiger partial charge in [-0.3, -0.25) is 0 Å². The number of nitrogens with zero attached hydrogens (tertiary/aromatic N) is 3. The fourth-order valence-corrected chi connectivity index (χ4v) is 4.06. The van der Waals surface area contributed by atoms with Crippen molar-refractivity contribution >= 4 is 16.7 Å². The normalized spacial score (nSPS) is 15.2. The summed E-state index contributed by atoms with van der Waals surface area (Å²) in [6.45, 7) is 6.54. The summed E-state index contributed by atoms with van der Waals surface area (Å²) < 4.78 is 0. The molecule has 0 atom stereocenters. The van der Waals surface area contributed by atoms with Crippen molar-refractivity contribution in [3.05, 3.63) is 72.6 Å². The van der Waals surface area contributed by atoms with Crippen LogP contribution in [0.1, 0.15) is 5.56 Å². The van der Waals surface area contributed by atoms with Gasteiger partial charge in [-0.25, -0.2) is 4.98 Å². The summed E-state index contributed by atoms with van der Waals surface area (Å²) in [5, 5.41) is 1.16. The van der Waals surface area contributed by atoms with Gasteiger partial charge in [-0.1, -0.05) is 42.0 Å². The monoisotopic (exact) mass is 382 g/mol. The van der Waals surface area contributed by atoms with E-state index in [9.17, 15) is 0 Å². The molecular weight excluding hydrogens is 356 g/mol. The average Bonchev–Trinajstić information content (AvgIpc) is 3.18. The number of aromatic nitrogens is 2. The Kier molecular flexibility index (Phi) is 4.57. The van der Waals surface area contributed by atoms with Gasteiger partial charge in [0.1, 0.15) is 5.65 Å². The Hall–Kier alpha value is -3.11. The molecule has 1 fully saturated rings. The number of anilines is 1. The van der Waals surface area contributed by atoms with E-state index in [4.69, 9.17) is 0 Å². The Morgan fingerprint density at radius 1 is 0.828 bits per heavy atom. The van der Waals surface area contributed by atoms with Gasteiger partial charge in [0, 0.05) is 60.8 Å². The lowest BCUT2D eigenvalue weighted by molar-refractivity contribution is 0.313. The van der Waals surface area contributed by atoms with Crippen LogP contribution >= 0.6 is 0 Å². The number of pyridine rings is 1. The highest BCUT2D eigenvalue weighted by Crippen LogP contribution is 2.31. The summed E-state index contributed by atoms with van der Waals surface area (Å²) in [4.78, 5) is 12.8. The molecule has 1 aliphatic rings. The van der Waals surface area contributed by atoms with E-state index in [1.807, 2.05) is 6.20 Å². The van der Waals surface area contributed by atoms with Crippen LogP contribution in [-0.2, 0) is 0 Å². The number of hydrogen-bond acceptors (Lipinski definition) is 3. The van der Waals surface area contributed by atoms with Crippen LogP contribution in [0.2, 0.25) is 0 Å². The molecule has 0 aliphatic carbocycles. The fourth-order valence-electron chi connectivity index (χ4n) is 4.06. The highest BCUT2D eigenvalue weighted by molar-refractivity contribution is 5.95. The van der Waals surface area contributed by atoms with E-state index in [0.717, 1.165) is 42.8 Å². The Balaban J connectivity index is 1.46. The predicted molar refractivity (Wildman–Crippen MR) is 121 cm³/mol. The molecule has 0 spiro atoms. The molecule has 2 aromatic carbocycles. The number of piperazine rings is 1. The van der Waals surface area contributed by atoms with Crippen LogP contribution in [0.25, 0.3) is 33.3 Å². The zero-order valence-corrected chi connectivity index (χ0v) is 17.0. The number of aromatic amines is 1. The van der Waals surface area contributed by atoms with Crippen molar-refractivity contribution in [2.45, 2.75) is 6.92 Å². The van der Waals surface area contributed by atoms with E-state index in [2.05, 4.69) is 94.5 Å². The van der Waals surface area contributed by atoms with Gasteiger partial charge < -0.3 is 14.8 Å². The van der Waals surface area contributed by atoms with Crippen molar-refractivity contribution in [2.75, 3.05) is 38.1 Å². The molecule has 0 amide bonds. The molecule has 1 saturated heterocycles. The van der Waals surface area contributed by atoms with E-state index in [0.29, 0.717) is 0 Å². The van der Waals surface area contributed by atoms with Crippen LogP contribution in [0.15, 0.2) is 67.0 Å². The first-order chi connectivity index (χ1) is 14.2. The smallest absolute Gasteiger partial charge is 0.137 e. The number of likely N-dealkylation sites (N-methyl/N-ethyl adjacent to an activating group) is 1. The summed E-state index contributed by atoms with van der Waals surface area (Å²) in [6.07, 6.45) is 4.02. The zero-order valence-electron chi connectivity index (χ0n) is 17.0. The first kappa shape index (κ1) is 18.0. The standard InChI is InChI=1S/C25H26N4/c1-18-3-5-20(6-4-18)24-17-27-25-23(24)15-21(16-26-25)19-7-9-22(10-8-19)29-13-11-28(2)12-14-29/h3-10,15-17H,11-14H2,1-2H3,(H,26,27). The van der Waals surface area contributed by atoms with Crippen LogP contribution in [0.5, 0.6) is 0 Å². The van der Waals surface area contributed by atoms with Gasteiger partial charge in [0.25, 0.3) is 0 Å². The lowest BCUT2D eigenvalue weighted by atomic mass is 10.0. The quantitative estimate of drug-likeness (QED) is 0.544. The highest BCUT2D eigenvalue weighted by atomic mass is 15.2. The van der Waals surface area contributed by atoms with Crippen LogP contribution in [0.3, 0.4) is 0 Å². The minimum atomic E-state index is 0.929. The van der Waals surface area contributed by atoms with Gasteiger partial charge in [0.05, 0.1) is 0 Å². The minimum Gasteiger partial charge on any atom is -0.369 e. The van der Waals surface area contributed by atoms with Gasteiger partial charge in [-0.05, 0) is 43.3 Å². The average molecular weight is 383 g/mol. The Morgan fingerprint density at radius 3 is 2.24 bits per heavy atom. The maximum Gasteiger partial charge on any atom is 0.137 e. The molecule has 4 heteroatoms. The summed E-state index contributed by atoms with van der Waals surface area (Å²) in [5.41, 5.74) is 8.27. The second kappa shape index (κ2) is 7.37. The van der Waals surface area contributed by atoms with Crippen molar-refractivity contribution in [1.82, 2.24) is 14.9 Å². The molecule has 3 heterocycles. The number of aryl methyl sites for hydroxylation is 1. The number of fused-ring (bicyclic) bond motifs is 1. The Morgan fingerprint density at radius 2 is 1.52 bits per heavy atom. The van der Waals surface area contributed by atoms with E-state index < -0.39 is 0 Å². The number of hydrogen-bond donors (Lipinski definition) is 1. The molecule has 29 heavy (non-hydrogen) atoms. The molecule has 0 bridgehead atoms. The van der Waals surface area contributed by atoms with Gasteiger partial charge in [-0.2, -0.15) is 0 Å². The van der Waals surface area contributed by atoms with Crippen molar-refractivity contribution in [2.24, 2.45) is 0 Å². The number of H-pyrrole nitrogens is 1. The van der Waals surface area contributed by atoms with Gasteiger partial charge in [0.15, 0.2) is 0 Å². The molecule has 146 valence electrons. The number of benzene rings is 2. The van der Waals surface area contributed by atoms with Gasteiger partial charge >= 0.3 is 0 Å². The van der Waals surface area contributed by atoms with E-state index >= 15 is 0 Å². The third kappa shape index (κ3) is 3.52. The minimum absolute atomic E-state index is 0.929. The molecule has 1 N–H and O–H groups in total. The van der Waals surface area contributed by atoms with Crippen LogP contribution in [0.4, 0.5) is 5.69 Å². The van der Waals surface area contributed by atoms with Crippen molar-refractivity contribution in [1.29, 1.82) is 0 Å². The number of nitrogens with one attached hydrogen (secondary N) is 1. The fraction of sp³-hybridized carbons (Fsp3) is 0.240. The van der Waals surface area contributed by atoms with Gasteiger partial charge in [0.2, 0.25) is 0 Å². The topological polar surface area (TPSA) is 35.2 Å². The molecule has 0 saturated carbocycles. The third-order valence-electron chi connectivity index (χ3n) is 5.96. The predicted octanol–water partition coefficient (Wildman–Crippen LogP) is 4.96. The van der Waals surface area contributed by atoms with Crippen molar-refractivity contribution in [3.63, 3.8) is 0 Å².